The molecule has 0 saturated heterocycles. The molecule has 0 bridgehead atoms. The molecule has 0 heterocycles. The van der Waals surface area contributed by atoms with E-state index in [2.05, 4.69) is 6.92 Å². The molecule has 0 spiro atoms. The molecule has 2 aliphatic carbocycles. The maximum atomic E-state index is 11.5. The maximum Gasteiger partial charge on any atom is 0.133 e. The Bertz CT molecular complexity index is 287. The lowest BCUT2D eigenvalue weighted by Crippen LogP contribution is -2.17. The quantitative estimate of drug-likeness (QED) is 0.784. The van der Waals surface area contributed by atoms with Gasteiger partial charge in [-0.2, -0.15) is 0 Å². The highest BCUT2D eigenvalue weighted by molar-refractivity contribution is 5.81. The minimum atomic E-state index is -0.130. The molecular weight excluding hydrogens is 224 g/mol. The molecule has 18 heavy (non-hydrogen) atoms. The summed E-state index contributed by atoms with van der Waals surface area (Å²) in [4.78, 5) is 11.5. The summed E-state index contributed by atoms with van der Waals surface area (Å²) in [5.74, 6) is 3.17. The van der Waals surface area contributed by atoms with E-state index in [1.54, 1.807) is 0 Å². The predicted molar refractivity (Wildman–Crippen MR) is 73.3 cm³/mol. The second-order valence-corrected chi connectivity index (χ2v) is 6.59. The fourth-order valence-corrected chi connectivity index (χ4v) is 4.12. The average molecular weight is 252 g/mol. The molecule has 0 amide bonds. The third-order valence-corrected chi connectivity index (χ3v) is 5.38. The number of aliphatic hydroxyl groups is 1. The van der Waals surface area contributed by atoms with Crippen LogP contribution in [-0.2, 0) is 4.79 Å². The summed E-state index contributed by atoms with van der Waals surface area (Å²) in [6.45, 7) is 4.21. The number of hydrogen-bond donors (Lipinski definition) is 1. The van der Waals surface area contributed by atoms with E-state index < -0.39 is 0 Å². The van der Waals surface area contributed by atoms with Gasteiger partial charge in [0.15, 0.2) is 0 Å². The fraction of sp³-hybridized carbons (Fsp3) is 0.938. The van der Waals surface area contributed by atoms with Gasteiger partial charge < -0.3 is 5.11 Å². The van der Waals surface area contributed by atoms with Gasteiger partial charge in [-0.15, -0.1) is 0 Å². The molecule has 0 aromatic carbocycles. The van der Waals surface area contributed by atoms with Gasteiger partial charge in [0.05, 0.1) is 6.10 Å². The summed E-state index contributed by atoms with van der Waals surface area (Å²) >= 11 is 0. The topological polar surface area (TPSA) is 37.3 Å². The van der Waals surface area contributed by atoms with Gasteiger partial charge in [0.2, 0.25) is 0 Å². The fourth-order valence-electron chi connectivity index (χ4n) is 4.12. The van der Waals surface area contributed by atoms with E-state index in [-0.39, 0.29) is 6.10 Å². The number of ketones is 1. The molecule has 5 unspecified atom stereocenters. The molecule has 0 aromatic heterocycles. The minimum absolute atomic E-state index is 0.130. The van der Waals surface area contributed by atoms with Crippen molar-refractivity contribution in [2.45, 2.75) is 71.3 Å². The number of fused-ring (bicyclic) bond motifs is 1. The molecule has 1 N–H and O–H groups in total. The van der Waals surface area contributed by atoms with E-state index in [4.69, 9.17) is 0 Å². The first kappa shape index (κ1) is 14.0. The molecular formula is C16H28O2. The van der Waals surface area contributed by atoms with E-state index in [1.807, 2.05) is 6.92 Å². The average Bonchev–Trinajstić information content (AvgIpc) is 2.88. The first-order valence-electron chi connectivity index (χ1n) is 7.81. The van der Waals surface area contributed by atoms with E-state index in [9.17, 15) is 9.90 Å². The molecule has 5 atom stereocenters. The number of carbonyl (C=O) groups excluding carboxylic acids is 1. The van der Waals surface area contributed by atoms with E-state index in [0.717, 1.165) is 37.5 Å². The Labute approximate surface area is 111 Å². The summed E-state index contributed by atoms with van der Waals surface area (Å²) in [6.07, 6.45) is 8.72. The SMILES string of the molecule is CCC(O)C(C)CCCC1CCC2CC(=O)CC12. The van der Waals surface area contributed by atoms with Crippen LogP contribution < -0.4 is 0 Å². The lowest BCUT2D eigenvalue weighted by atomic mass is 9.86. The molecule has 0 radical (unpaired) electrons. The van der Waals surface area contributed by atoms with Crippen LogP contribution in [0.25, 0.3) is 0 Å². The lowest BCUT2D eigenvalue weighted by Gasteiger charge is -2.20. The van der Waals surface area contributed by atoms with Gasteiger partial charge in [0.1, 0.15) is 5.78 Å². The van der Waals surface area contributed by atoms with Gasteiger partial charge in [-0.1, -0.05) is 26.7 Å². The number of carbonyl (C=O) groups is 1. The highest BCUT2D eigenvalue weighted by Crippen LogP contribution is 2.48. The van der Waals surface area contributed by atoms with Crippen LogP contribution in [0.5, 0.6) is 0 Å². The summed E-state index contributed by atoms with van der Waals surface area (Å²) in [5, 5.41) is 9.76. The van der Waals surface area contributed by atoms with Crippen LogP contribution in [0, 0.1) is 23.7 Å². The summed E-state index contributed by atoms with van der Waals surface area (Å²) in [6, 6.07) is 0. The Morgan fingerprint density at radius 1 is 1.33 bits per heavy atom. The third kappa shape index (κ3) is 3.14. The number of aliphatic hydroxyl groups excluding tert-OH is 1. The zero-order chi connectivity index (χ0) is 13.1. The van der Waals surface area contributed by atoms with Crippen molar-refractivity contribution in [3.63, 3.8) is 0 Å². The third-order valence-electron chi connectivity index (χ3n) is 5.38. The molecule has 0 aromatic rings. The highest BCUT2D eigenvalue weighted by Gasteiger charge is 2.42. The maximum absolute atomic E-state index is 11.5. The van der Waals surface area contributed by atoms with E-state index in [1.165, 1.54) is 25.7 Å². The predicted octanol–water partition coefficient (Wildman–Crippen LogP) is 3.57. The van der Waals surface area contributed by atoms with Crippen molar-refractivity contribution in [1.29, 1.82) is 0 Å². The molecule has 2 heteroatoms. The lowest BCUT2D eigenvalue weighted by molar-refractivity contribution is -0.118. The Morgan fingerprint density at radius 3 is 2.83 bits per heavy atom. The van der Waals surface area contributed by atoms with Crippen LogP contribution in [0.1, 0.15) is 65.2 Å². The molecule has 104 valence electrons. The van der Waals surface area contributed by atoms with Crippen molar-refractivity contribution in [3.8, 4) is 0 Å². The van der Waals surface area contributed by atoms with Gasteiger partial charge >= 0.3 is 0 Å². The number of Topliss-reactive ketones (excluding diaryl/α,β-unsaturated/α-hetero) is 1. The van der Waals surface area contributed by atoms with Crippen molar-refractivity contribution in [2.75, 3.05) is 0 Å². The van der Waals surface area contributed by atoms with Crippen molar-refractivity contribution in [2.24, 2.45) is 23.7 Å². The summed E-state index contributed by atoms with van der Waals surface area (Å²) < 4.78 is 0. The van der Waals surface area contributed by atoms with Gasteiger partial charge in [0.25, 0.3) is 0 Å². The molecule has 2 aliphatic rings. The van der Waals surface area contributed by atoms with Gasteiger partial charge in [-0.25, -0.2) is 0 Å². The minimum Gasteiger partial charge on any atom is -0.393 e. The monoisotopic (exact) mass is 252 g/mol. The van der Waals surface area contributed by atoms with E-state index >= 15 is 0 Å². The molecule has 0 aliphatic heterocycles. The standard InChI is InChI=1S/C16H28O2/c1-3-16(18)11(2)5-4-6-12-7-8-13-9-14(17)10-15(12)13/h11-13,15-16,18H,3-10H2,1-2H3. The van der Waals surface area contributed by atoms with E-state index in [0.29, 0.717) is 17.6 Å². The smallest absolute Gasteiger partial charge is 0.133 e. The summed E-state index contributed by atoms with van der Waals surface area (Å²) in [7, 11) is 0. The van der Waals surface area contributed by atoms with Crippen molar-refractivity contribution < 1.29 is 9.90 Å². The number of hydrogen-bond acceptors (Lipinski definition) is 2. The van der Waals surface area contributed by atoms with Crippen LogP contribution in [0.15, 0.2) is 0 Å². The Kier molecular flexibility index (Phi) is 4.83. The second kappa shape index (κ2) is 6.18. The van der Waals surface area contributed by atoms with Gasteiger partial charge in [0, 0.05) is 12.8 Å². The van der Waals surface area contributed by atoms with Crippen LogP contribution >= 0.6 is 0 Å². The first-order chi connectivity index (χ1) is 8.61. The Balaban J connectivity index is 1.70. The largest absolute Gasteiger partial charge is 0.393 e. The van der Waals surface area contributed by atoms with Crippen LogP contribution in [-0.4, -0.2) is 17.0 Å². The van der Waals surface area contributed by atoms with Crippen LogP contribution in [0.2, 0.25) is 0 Å². The Hall–Kier alpha value is -0.370. The second-order valence-electron chi connectivity index (χ2n) is 6.59. The zero-order valence-electron chi connectivity index (χ0n) is 11.9. The first-order valence-corrected chi connectivity index (χ1v) is 7.81. The van der Waals surface area contributed by atoms with Crippen LogP contribution in [0.4, 0.5) is 0 Å². The van der Waals surface area contributed by atoms with Crippen molar-refractivity contribution in [1.82, 2.24) is 0 Å². The summed E-state index contributed by atoms with van der Waals surface area (Å²) in [5.41, 5.74) is 0. The zero-order valence-corrected chi connectivity index (χ0v) is 11.9. The molecule has 2 saturated carbocycles. The highest BCUT2D eigenvalue weighted by atomic mass is 16.3. The normalized spacial score (nSPS) is 34.6. The Morgan fingerprint density at radius 2 is 2.11 bits per heavy atom. The number of rotatable bonds is 6. The van der Waals surface area contributed by atoms with Gasteiger partial charge in [-0.05, 0) is 49.4 Å². The van der Waals surface area contributed by atoms with Crippen molar-refractivity contribution in [3.05, 3.63) is 0 Å². The molecule has 2 rings (SSSR count). The van der Waals surface area contributed by atoms with Crippen molar-refractivity contribution >= 4 is 5.78 Å². The van der Waals surface area contributed by atoms with Gasteiger partial charge in [-0.3, -0.25) is 4.79 Å². The van der Waals surface area contributed by atoms with Crippen LogP contribution in [0.3, 0.4) is 0 Å². The molecule has 2 nitrogen and oxygen atoms in total. The molecule has 2 fully saturated rings.